The van der Waals surface area contributed by atoms with E-state index in [1.807, 2.05) is 51.4 Å². The van der Waals surface area contributed by atoms with Crippen molar-refractivity contribution in [3.63, 3.8) is 0 Å². The highest BCUT2D eigenvalue weighted by molar-refractivity contribution is 6.06. The highest BCUT2D eigenvalue weighted by atomic mass is 16.5. The van der Waals surface area contributed by atoms with E-state index in [4.69, 9.17) is 9.72 Å². The van der Waals surface area contributed by atoms with Crippen molar-refractivity contribution in [1.82, 2.24) is 39.6 Å². The maximum Gasteiger partial charge on any atom is 0.238 e. The second kappa shape index (κ2) is 11.6. The Morgan fingerprint density at radius 2 is 2.00 bits per heavy atom. The summed E-state index contributed by atoms with van der Waals surface area (Å²) in [6, 6.07) is 10.1. The lowest BCUT2D eigenvalue weighted by atomic mass is 10.1. The first-order valence-electron chi connectivity index (χ1n) is 14.9. The van der Waals surface area contributed by atoms with Crippen LogP contribution in [-0.2, 0) is 11.8 Å². The number of aromatic nitrogens is 7. The molecule has 1 atom stereocenters. The number of fused-ring (bicyclic) bond motifs is 1. The van der Waals surface area contributed by atoms with E-state index in [1.165, 1.54) is 0 Å². The van der Waals surface area contributed by atoms with Crippen molar-refractivity contribution >= 4 is 40.2 Å². The van der Waals surface area contributed by atoms with Crippen LogP contribution in [0.3, 0.4) is 0 Å². The molecule has 13 heteroatoms. The molecule has 1 aromatic carbocycles. The molecule has 1 amide bonds. The molecule has 1 saturated heterocycles. The van der Waals surface area contributed by atoms with Crippen LogP contribution in [0.4, 0.5) is 23.4 Å². The number of ether oxygens (including phenoxy) is 1. The Kier molecular flexibility index (Phi) is 7.30. The molecule has 1 saturated carbocycles. The Balaban J connectivity index is 1.00. The van der Waals surface area contributed by atoms with E-state index in [0.717, 1.165) is 64.9 Å². The topological polar surface area (TPSA) is 151 Å². The fourth-order valence-corrected chi connectivity index (χ4v) is 5.45. The summed E-state index contributed by atoms with van der Waals surface area (Å²) >= 11 is 0. The number of rotatable bonds is 10. The van der Waals surface area contributed by atoms with Crippen molar-refractivity contribution in [1.29, 1.82) is 0 Å². The Morgan fingerprint density at radius 1 is 1.11 bits per heavy atom. The van der Waals surface area contributed by atoms with E-state index in [-0.39, 0.29) is 18.6 Å². The maximum absolute atomic E-state index is 13.1. The van der Waals surface area contributed by atoms with Gasteiger partial charge in [-0.3, -0.25) is 14.4 Å². The van der Waals surface area contributed by atoms with Gasteiger partial charge in [0.1, 0.15) is 6.10 Å². The van der Waals surface area contributed by atoms with Crippen LogP contribution in [0.25, 0.3) is 22.2 Å². The van der Waals surface area contributed by atoms with E-state index >= 15 is 0 Å². The number of aryl methyl sites for hydroxylation is 3. The number of hydrogen-bond donors (Lipinski definition) is 4. The lowest BCUT2D eigenvalue weighted by molar-refractivity contribution is -0.117. The molecule has 44 heavy (non-hydrogen) atoms. The van der Waals surface area contributed by atoms with Crippen molar-refractivity contribution in [2.75, 3.05) is 35.6 Å². The van der Waals surface area contributed by atoms with Crippen LogP contribution in [0.1, 0.15) is 30.5 Å². The maximum atomic E-state index is 13.1. The van der Waals surface area contributed by atoms with Crippen LogP contribution in [0.15, 0.2) is 48.9 Å². The van der Waals surface area contributed by atoms with Crippen LogP contribution in [0, 0.1) is 13.8 Å². The monoisotopic (exact) mass is 593 g/mol. The molecule has 5 aromatic rings. The van der Waals surface area contributed by atoms with Gasteiger partial charge < -0.3 is 25.7 Å². The number of amides is 1. The van der Waals surface area contributed by atoms with Gasteiger partial charge in [0.2, 0.25) is 23.7 Å². The van der Waals surface area contributed by atoms with Gasteiger partial charge in [0.25, 0.3) is 0 Å². The average Bonchev–Trinajstić information content (AvgIpc) is 3.37. The third-order valence-electron chi connectivity index (χ3n) is 7.99. The van der Waals surface area contributed by atoms with Crippen molar-refractivity contribution in [3.8, 4) is 17.1 Å². The van der Waals surface area contributed by atoms with Crippen molar-refractivity contribution < 1.29 is 9.53 Å². The standard InChI is InChI=1S/C31H35N11O2/c1-18-14-34-31(37-25-13-19(2)41(3)40-25)39-28(18)23-15-33-29-22(23)5-4-6-24(29)36-26(43)17-42-12-10-21(16-42)44-27-9-11-32-30(38-27)35-20-7-8-20/h4-6,9,11,13-15,20-21,33H,7-8,10,12,16-17H2,1-3H3,(H,36,43)(H,32,35,38)(H,34,37,39,40)/t21-/m0/s1. The number of hydrogen-bond acceptors (Lipinski definition) is 10. The fourth-order valence-electron chi connectivity index (χ4n) is 5.45. The predicted octanol–water partition coefficient (Wildman–Crippen LogP) is 4.17. The van der Waals surface area contributed by atoms with Gasteiger partial charge in [-0.25, -0.2) is 15.0 Å². The van der Waals surface area contributed by atoms with Gasteiger partial charge in [-0.2, -0.15) is 10.1 Å². The lowest BCUT2D eigenvalue weighted by Crippen LogP contribution is -2.33. The normalized spacial score (nSPS) is 16.8. The molecular weight excluding hydrogens is 558 g/mol. The number of carbonyl (C=O) groups is 1. The first kappa shape index (κ1) is 27.8. The van der Waals surface area contributed by atoms with E-state index in [1.54, 1.807) is 23.1 Å². The molecule has 226 valence electrons. The summed E-state index contributed by atoms with van der Waals surface area (Å²) in [6.45, 7) is 5.67. The average molecular weight is 594 g/mol. The largest absolute Gasteiger partial charge is 0.473 e. The minimum Gasteiger partial charge on any atom is -0.473 e. The molecule has 4 aromatic heterocycles. The molecule has 2 aliphatic rings. The zero-order valence-corrected chi connectivity index (χ0v) is 25.0. The molecule has 0 bridgehead atoms. The molecule has 0 spiro atoms. The van der Waals surface area contributed by atoms with Gasteiger partial charge in [0, 0.05) is 73.5 Å². The van der Waals surface area contributed by atoms with Gasteiger partial charge in [0.15, 0.2) is 5.82 Å². The predicted molar refractivity (Wildman–Crippen MR) is 168 cm³/mol. The third-order valence-corrected chi connectivity index (χ3v) is 7.99. The molecule has 1 aliphatic carbocycles. The van der Waals surface area contributed by atoms with Gasteiger partial charge in [-0.05, 0) is 44.7 Å². The number of aromatic amines is 1. The molecule has 0 unspecified atom stereocenters. The number of nitrogens with zero attached hydrogens (tertiary/aromatic N) is 7. The van der Waals surface area contributed by atoms with Crippen LogP contribution in [0.5, 0.6) is 5.88 Å². The number of anilines is 4. The summed E-state index contributed by atoms with van der Waals surface area (Å²) < 4.78 is 7.92. The zero-order valence-electron chi connectivity index (χ0n) is 25.0. The van der Waals surface area contributed by atoms with Crippen molar-refractivity contribution in [2.24, 2.45) is 7.05 Å². The number of nitrogens with one attached hydrogen (secondary N) is 4. The Bertz CT molecular complexity index is 1810. The Hall–Kier alpha value is -5.04. The smallest absolute Gasteiger partial charge is 0.238 e. The highest BCUT2D eigenvalue weighted by Gasteiger charge is 2.27. The van der Waals surface area contributed by atoms with E-state index in [2.05, 4.69) is 45.9 Å². The van der Waals surface area contributed by atoms with Crippen molar-refractivity contribution in [2.45, 2.75) is 45.3 Å². The molecule has 13 nitrogen and oxygen atoms in total. The lowest BCUT2D eigenvalue weighted by Gasteiger charge is -2.17. The number of benzene rings is 1. The molecule has 4 N–H and O–H groups in total. The third kappa shape index (κ3) is 6.04. The summed E-state index contributed by atoms with van der Waals surface area (Å²) in [5.74, 6) is 2.23. The number of para-hydroxylation sites is 1. The number of carbonyl (C=O) groups excluding carboxylic acids is 1. The summed E-state index contributed by atoms with van der Waals surface area (Å²) in [4.78, 5) is 36.6. The van der Waals surface area contributed by atoms with Gasteiger partial charge in [-0.1, -0.05) is 12.1 Å². The summed E-state index contributed by atoms with van der Waals surface area (Å²) in [7, 11) is 1.89. The van der Waals surface area contributed by atoms with Gasteiger partial charge in [-0.15, -0.1) is 0 Å². The quantitative estimate of drug-likeness (QED) is 0.186. The van der Waals surface area contributed by atoms with Crippen molar-refractivity contribution in [3.05, 3.63) is 60.2 Å². The van der Waals surface area contributed by atoms with E-state index in [9.17, 15) is 4.79 Å². The second-order valence-electron chi connectivity index (χ2n) is 11.5. The molecule has 7 rings (SSSR count). The van der Waals surface area contributed by atoms with Crippen LogP contribution >= 0.6 is 0 Å². The molecule has 2 fully saturated rings. The summed E-state index contributed by atoms with van der Waals surface area (Å²) in [5.41, 5.74) is 5.25. The second-order valence-corrected chi connectivity index (χ2v) is 11.5. The first-order chi connectivity index (χ1) is 21.4. The molecule has 5 heterocycles. The van der Waals surface area contributed by atoms with E-state index in [0.29, 0.717) is 36.2 Å². The number of likely N-dealkylation sites (tertiary alicyclic amines) is 1. The molecular formula is C31H35N11O2. The SMILES string of the molecule is Cc1cnc(Nc2cc(C)n(C)n2)nc1-c1c[nH]c2c(NC(=O)CN3CC[C@H](Oc4ccnc(NC5CC5)n4)C3)cccc12. The van der Waals surface area contributed by atoms with Gasteiger partial charge in [0.05, 0.1) is 23.4 Å². The van der Waals surface area contributed by atoms with Gasteiger partial charge >= 0.3 is 0 Å². The van der Waals surface area contributed by atoms with Crippen LogP contribution in [0.2, 0.25) is 0 Å². The van der Waals surface area contributed by atoms with E-state index < -0.39 is 0 Å². The Morgan fingerprint density at radius 3 is 2.82 bits per heavy atom. The summed E-state index contributed by atoms with van der Waals surface area (Å²) in [5, 5.41) is 15.0. The molecule has 0 radical (unpaired) electrons. The van der Waals surface area contributed by atoms with Crippen LogP contribution in [-0.4, -0.2) is 77.3 Å². The summed E-state index contributed by atoms with van der Waals surface area (Å²) in [6.07, 6.45) is 8.54. The fraction of sp³-hybridized carbons (Fsp3) is 0.355. The highest BCUT2D eigenvalue weighted by Crippen LogP contribution is 2.33. The minimum absolute atomic E-state index is 0.0296. The minimum atomic E-state index is -0.0809. The Labute approximate surface area is 254 Å². The molecule has 1 aliphatic heterocycles. The number of H-pyrrole nitrogens is 1. The zero-order chi connectivity index (χ0) is 30.2. The first-order valence-corrected chi connectivity index (χ1v) is 14.9. The van der Waals surface area contributed by atoms with Crippen LogP contribution < -0.4 is 20.7 Å².